The van der Waals surface area contributed by atoms with Crippen molar-refractivity contribution in [2.75, 3.05) is 0 Å². The first-order valence-corrected chi connectivity index (χ1v) is 4.15. The number of aliphatic hydroxyl groups is 1. The van der Waals surface area contributed by atoms with Crippen LogP contribution in [0.2, 0.25) is 0 Å². The number of allylic oxidation sites excluding steroid dienone is 3. The van der Waals surface area contributed by atoms with Gasteiger partial charge in [0.05, 0.1) is 0 Å². The summed E-state index contributed by atoms with van der Waals surface area (Å²) in [6, 6.07) is 0. The summed E-state index contributed by atoms with van der Waals surface area (Å²) >= 11 is 0. The van der Waals surface area contributed by atoms with Crippen molar-refractivity contribution in [3.8, 4) is 0 Å². The van der Waals surface area contributed by atoms with Crippen LogP contribution in [0.25, 0.3) is 0 Å². The fourth-order valence-corrected chi connectivity index (χ4v) is 0.786. The Bertz CT molecular complexity index is 254. The lowest BCUT2D eigenvalue weighted by Gasteiger charge is -2.17. The molecule has 1 N–H and O–H groups in total. The minimum Gasteiger partial charge on any atom is -0.493 e. The summed E-state index contributed by atoms with van der Waals surface area (Å²) in [5, 5.41) is 9.27. The SMILES string of the molecule is C=C/C=C(/O)N=C(C=C)C(C)(C)C. The zero-order chi connectivity index (χ0) is 10.5. The quantitative estimate of drug-likeness (QED) is 0.402. The highest BCUT2D eigenvalue weighted by molar-refractivity contribution is 5.99. The lowest BCUT2D eigenvalue weighted by molar-refractivity contribution is 0.405. The molecule has 0 atom stereocenters. The monoisotopic (exact) mass is 179 g/mol. The molecule has 2 heteroatoms. The number of nitrogens with zero attached hydrogens (tertiary/aromatic N) is 1. The summed E-state index contributed by atoms with van der Waals surface area (Å²) in [5.41, 5.74) is 0.646. The summed E-state index contributed by atoms with van der Waals surface area (Å²) in [6.07, 6.45) is 4.57. The van der Waals surface area contributed by atoms with Gasteiger partial charge in [-0.15, -0.1) is 0 Å². The van der Waals surface area contributed by atoms with Crippen molar-refractivity contribution in [1.82, 2.24) is 0 Å². The molecule has 0 aliphatic rings. The molecule has 0 bridgehead atoms. The number of rotatable bonds is 3. The van der Waals surface area contributed by atoms with E-state index in [0.717, 1.165) is 5.71 Å². The van der Waals surface area contributed by atoms with Gasteiger partial charge in [0.2, 0.25) is 5.88 Å². The van der Waals surface area contributed by atoms with Crippen molar-refractivity contribution in [2.45, 2.75) is 20.8 Å². The highest BCUT2D eigenvalue weighted by Crippen LogP contribution is 2.17. The highest BCUT2D eigenvalue weighted by Gasteiger charge is 2.15. The van der Waals surface area contributed by atoms with Gasteiger partial charge in [-0.2, -0.15) is 0 Å². The van der Waals surface area contributed by atoms with E-state index in [2.05, 4.69) is 18.2 Å². The predicted molar refractivity (Wildman–Crippen MR) is 58.0 cm³/mol. The minimum atomic E-state index is -0.106. The maximum absolute atomic E-state index is 9.27. The molecule has 2 nitrogen and oxygen atoms in total. The summed E-state index contributed by atoms with van der Waals surface area (Å²) in [4.78, 5) is 4.00. The van der Waals surface area contributed by atoms with Crippen molar-refractivity contribution < 1.29 is 5.11 Å². The zero-order valence-corrected chi connectivity index (χ0v) is 8.54. The average Bonchev–Trinajstić information content (AvgIpc) is 1.98. The summed E-state index contributed by atoms with van der Waals surface area (Å²) in [7, 11) is 0. The number of hydrogen-bond donors (Lipinski definition) is 1. The van der Waals surface area contributed by atoms with Crippen LogP contribution in [-0.2, 0) is 0 Å². The van der Waals surface area contributed by atoms with E-state index in [4.69, 9.17) is 0 Å². The van der Waals surface area contributed by atoms with Crippen LogP contribution in [0.5, 0.6) is 0 Å². The van der Waals surface area contributed by atoms with Crippen molar-refractivity contribution in [3.63, 3.8) is 0 Å². The molecule has 0 aliphatic carbocycles. The molecular formula is C11H17NO. The number of hydrogen-bond acceptors (Lipinski definition) is 2. The van der Waals surface area contributed by atoms with Gasteiger partial charge in [-0.05, 0) is 12.2 Å². The molecule has 0 aliphatic heterocycles. The average molecular weight is 179 g/mol. The standard InChI is InChI=1S/C11H17NO/c1-6-8-10(13)12-9(7-2)11(3,4)5/h6-8,13H,1-2H2,3-5H3/b10-8+,12-9?. The Kier molecular flexibility index (Phi) is 4.18. The number of aliphatic imine (C=N–C) groups is 1. The van der Waals surface area contributed by atoms with E-state index in [1.807, 2.05) is 20.8 Å². The van der Waals surface area contributed by atoms with Gasteiger partial charge in [0.1, 0.15) is 0 Å². The van der Waals surface area contributed by atoms with Crippen LogP contribution in [-0.4, -0.2) is 10.8 Å². The van der Waals surface area contributed by atoms with E-state index in [0.29, 0.717) is 0 Å². The van der Waals surface area contributed by atoms with Crippen LogP contribution in [0.1, 0.15) is 20.8 Å². The van der Waals surface area contributed by atoms with E-state index in [1.165, 1.54) is 12.2 Å². The van der Waals surface area contributed by atoms with Gasteiger partial charge in [-0.25, -0.2) is 4.99 Å². The van der Waals surface area contributed by atoms with Gasteiger partial charge in [0, 0.05) is 11.1 Å². The molecule has 0 unspecified atom stereocenters. The van der Waals surface area contributed by atoms with Crippen molar-refractivity contribution in [2.24, 2.45) is 10.4 Å². The van der Waals surface area contributed by atoms with Crippen LogP contribution in [0, 0.1) is 5.41 Å². The van der Waals surface area contributed by atoms with Crippen LogP contribution < -0.4 is 0 Å². The second-order valence-corrected chi connectivity index (χ2v) is 3.71. The fourth-order valence-electron chi connectivity index (χ4n) is 0.786. The zero-order valence-electron chi connectivity index (χ0n) is 8.54. The fraction of sp³-hybridized carbons (Fsp3) is 0.364. The molecule has 0 spiro atoms. The Morgan fingerprint density at radius 1 is 1.31 bits per heavy atom. The van der Waals surface area contributed by atoms with Crippen molar-refractivity contribution in [1.29, 1.82) is 0 Å². The molecule has 13 heavy (non-hydrogen) atoms. The topological polar surface area (TPSA) is 32.6 Å². The second kappa shape index (κ2) is 4.65. The largest absolute Gasteiger partial charge is 0.493 e. The van der Waals surface area contributed by atoms with Crippen LogP contribution >= 0.6 is 0 Å². The maximum atomic E-state index is 9.27. The van der Waals surface area contributed by atoms with Crippen LogP contribution in [0.15, 0.2) is 42.3 Å². The Labute approximate surface area is 80.0 Å². The third-order valence-corrected chi connectivity index (χ3v) is 1.46. The van der Waals surface area contributed by atoms with Gasteiger partial charge in [-0.1, -0.05) is 40.0 Å². The summed E-state index contributed by atoms with van der Waals surface area (Å²) < 4.78 is 0. The third kappa shape index (κ3) is 4.31. The maximum Gasteiger partial charge on any atom is 0.210 e. The second-order valence-electron chi connectivity index (χ2n) is 3.71. The molecule has 0 rings (SSSR count). The van der Waals surface area contributed by atoms with E-state index in [9.17, 15) is 5.11 Å². The van der Waals surface area contributed by atoms with Crippen LogP contribution in [0.4, 0.5) is 0 Å². The first-order chi connectivity index (χ1) is 5.91. The molecule has 0 radical (unpaired) electrons. The molecule has 0 aromatic rings. The normalized spacial score (nSPS) is 14.1. The molecule has 0 aromatic carbocycles. The Morgan fingerprint density at radius 3 is 2.15 bits per heavy atom. The van der Waals surface area contributed by atoms with Crippen molar-refractivity contribution in [3.05, 3.63) is 37.3 Å². The van der Waals surface area contributed by atoms with Crippen molar-refractivity contribution >= 4 is 5.71 Å². The van der Waals surface area contributed by atoms with E-state index in [1.54, 1.807) is 6.08 Å². The first kappa shape index (κ1) is 11.7. The molecule has 0 heterocycles. The Hall–Kier alpha value is -1.31. The van der Waals surface area contributed by atoms with Gasteiger partial charge in [0.25, 0.3) is 0 Å². The molecule has 0 fully saturated rings. The van der Waals surface area contributed by atoms with Crippen LogP contribution in [0.3, 0.4) is 0 Å². The van der Waals surface area contributed by atoms with E-state index < -0.39 is 0 Å². The lowest BCUT2D eigenvalue weighted by Crippen LogP contribution is -2.17. The Morgan fingerprint density at radius 2 is 1.85 bits per heavy atom. The molecule has 0 aromatic heterocycles. The first-order valence-electron chi connectivity index (χ1n) is 4.15. The summed E-state index contributed by atoms with van der Waals surface area (Å²) in [6.45, 7) is 13.1. The number of aliphatic hydroxyl groups excluding tert-OH is 1. The molecule has 72 valence electrons. The third-order valence-electron chi connectivity index (χ3n) is 1.46. The molecule has 0 amide bonds. The molecule has 0 saturated carbocycles. The highest BCUT2D eigenvalue weighted by atomic mass is 16.3. The molecule has 0 saturated heterocycles. The Balaban J connectivity index is 4.88. The lowest BCUT2D eigenvalue weighted by atomic mass is 9.90. The van der Waals surface area contributed by atoms with E-state index in [-0.39, 0.29) is 11.3 Å². The van der Waals surface area contributed by atoms with E-state index >= 15 is 0 Å². The minimum absolute atomic E-state index is 0.0418. The molecular weight excluding hydrogens is 162 g/mol. The smallest absolute Gasteiger partial charge is 0.210 e. The predicted octanol–water partition coefficient (Wildman–Crippen LogP) is 3.24. The van der Waals surface area contributed by atoms with Gasteiger partial charge in [-0.3, -0.25) is 0 Å². The van der Waals surface area contributed by atoms with Gasteiger partial charge < -0.3 is 5.11 Å². The summed E-state index contributed by atoms with van der Waals surface area (Å²) in [5.74, 6) is -0.0418. The van der Waals surface area contributed by atoms with Gasteiger partial charge in [0.15, 0.2) is 0 Å². The van der Waals surface area contributed by atoms with Gasteiger partial charge >= 0.3 is 0 Å².